The highest BCUT2D eigenvalue weighted by Gasteiger charge is 2.23. The number of nitrogens with one attached hydrogen (secondary N) is 1. The number of morpholine rings is 1. The minimum absolute atomic E-state index is 0.262. The van der Waals surface area contributed by atoms with Crippen LogP contribution in [0.15, 0.2) is 70.7 Å². The van der Waals surface area contributed by atoms with Crippen molar-refractivity contribution in [2.45, 2.75) is 28.7 Å². The fourth-order valence-electron chi connectivity index (χ4n) is 3.61. The molecule has 0 radical (unpaired) electrons. The highest BCUT2D eigenvalue weighted by atomic mass is 32.2. The first-order valence-electron chi connectivity index (χ1n) is 10.5. The molecular weight excluding hydrogens is 412 g/mol. The Balaban J connectivity index is 1.56. The van der Waals surface area contributed by atoms with Gasteiger partial charge in [-0.15, -0.1) is 0 Å². The van der Waals surface area contributed by atoms with E-state index in [1.165, 1.54) is 0 Å². The van der Waals surface area contributed by atoms with E-state index in [4.69, 9.17) is 4.74 Å². The van der Waals surface area contributed by atoms with Crippen LogP contribution in [-0.4, -0.2) is 50.7 Å². The summed E-state index contributed by atoms with van der Waals surface area (Å²) in [6.45, 7) is 2.68. The summed E-state index contributed by atoms with van der Waals surface area (Å²) in [6.07, 6.45) is 5.78. The molecular formula is C23H24N4O3S. The third-order valence-electron chi connectivity index (χ3n) is 5.53. The molecule has 31 heavy (non-hydrogen) atoms. The minimum Gasteiger partial charge on any atom is -0.378 e. The summed E-state index contributed by atoms with van der Waals surface area (Å²) in [4.78, 5) is 11.5. The summed E-state index contributed by atoms with van der Waals surface area (Å²) in [5.74, 6) is 0.604. The summed E-state index contributed by atoms with van der Waals surface area (Å²) >= 11 is 0. The summed E-state index contributed by atoms with van der Waals surface area (Å²) in [5, 5.41) is 3.27. The SMILES string of the molecule is O=S(=O)(c1ccccc1)c1cc(-c2cnc(NC3CC3)nc2)cc(N2CCOCC2)c1. The van der Waals surface area contributed by atoms with E-state index in [1.807, 2.05) is 12.1 Å². The van der Waals surface area contributed by atoms with Crippen molar-refractivity contribution in [1.82, 2.24) is 9.97 Å². The molecule has 1 aliphatic carbocycles. The van der Waals surface area contributed by atoms with Gasteiger partial charge < -0.3 is 15.0 Å². The fraction of sp³-hybridized carbons (Fsp3) is 0.304. The Morgan fingerprint density at radius 1 is 0.903 bits per heavy atom. The number of sulfone groups is 1. The Labute approximate surface area is 182 Å². The molecule has 2 aliphatic rings. The standard InChI is InChI=1S/C23H24N4O3S/c28-31(29,21-4-2-1-3-5-21)22-13-17(12-20(14-22)27-8-10-30-11-9-27)18-15-24-23(25-16-18)26-19-6-7-19/h1-5,12-16,19H,6-11H2,(H,24,25,26). The van der Waals surface area contributed by atoms with E-state index in [0.717, 1.165) is 42.7 Å². The first kappa shape index (κ1) is 20.0. The second kappa shape index (κ2) is 8.28. The van der Waals surface area contributed by atoms with Crippen LogP contribution in [0.1, 0.15) is 12.8 Å². The van der Waals surface area contributed by atoms with Gasteiger partial charge in [-0.1, -0.05) is 18.2 Å². The van der Waals surface area contributed by atoms with E-state index in [0.29, 0.717) is 25.2 Å². The molecule has 2 aromatic carbocycles. The normalized spacial score (nSPS) is 16.8. The van der Waals surface area contributed by atoms with E-state index in [9.17, 15) is 8.42 Å². The third-order valence-corrected chi connectivity index (χ3v) is 7.28. The minimum atomic E-state index is -3.66. The van der Waals surface area contributed by atoms with Crippen molar-refractivity contribution in [3.05, 3.63) is 60.9 Å². The van der Waals surface area contributed by atoms with Crippen molar-refractivity contribution in [2.75, 3.05) is 36.5 Å². The monoisotopic (exact) mass is 436 g/mol. The second-order valence-corrected chi connectivity index (χ2v) is 9.80. The number of hydrogen-bond acceptors (Lipinski definition) is 7. The number of anilines is 2. The van der Waals surface area contributed by atoms with Crippen molar-refractivity contribution in [1.29, 1.82) is 0 Å². The lowest BCUT2D eigenvalue weighted by Crippen LogP contribution is -2.36. The second-order valence-electron chi connectivity index (χ2n) is 7.85. The van der Waals surface area contributed by atoms with Crippen LogP contribution in [0.4, 0.5) is 11.6 Å². The van der Waals surface area contributed by atoms with Gasteiger partial charge >= 0.3 is 0 Å². The molecule has 0 amide bonds. The highest BCUT2D eigenvalue weighted by Crippen LogP contribution is 2.32. The Bertz CT molecular complexity index is 1160. The first-order chi connectivity index (χ1) is 15.1. The number of ether oxygens (including phenoxy) is 1. The Morgan fingerprint density at radius 2 is 1.61 bits per heavy atom. The van der Waals surface area contributed by atoms with E-state index >= 15 is 0 Å². The van der Waals surface area contributed by atoms with Crippen LogP contribution in [0, 0.1) is 0 Å². The largest absolute Gasteiger partial charge is 0.378 e. The van der Waals surface area contributed by atoms with Crippen molar-refractivity contribution >= 4 is 21.5 Å². The molecule has 1 aliphatic heterocycles. The lowest BCUT2D eigenvalue weighted by atomic mass is 10.1. The van der Waals surface area contributed by atoms with Crippen LogP contribution < -0.4 is 10.2 Å². The van der Waals surface area contributed by atoms with Gasteiger partial charge in [-0.25, -0.2) is 18.4 Å². The summed E-state index contributed by atoms with van der Waals surface area (Å²) in [5.41, 5.74) is 2.41. The average molecular weight is 437 g/mol. The van der Waals surface area contributed by atoms with Crippen molar-refractivity contribution in [2.24, 2.45) is 0 Å². The maximum Gasteiger partial charge on any atom is 0.222 e. The van der Waals surface area contributed by atoms with Crippen LogP contribution in [-0.2, 0) is 14.6 Å². The van der Waals surface area contributed by atoms with Gasteiger partial charge in [0.2, 0.25) is 15.8 Å². The number of rotatable bonds is 6. The van der Waals surface area contributed by atoms with Crippen molar-refractivity contribution in [3.63, 3.8) is 0 Å². The van der Waals surface area contributed by atoms with Gasteiger partial charge in [0.05, 0.1) is 23.0 Å². The molecule has 1 saturated carbocycles. The molecule has 7 nitrogen and oxygen atoms in total. The molecule has 0 atom stereocenters. The zero-order chi connectivity index (χ0) is 21.3. The molecule has 1 saturated heterocycles. The van der Waals surface area contributed by atoms with E-state index < -0.39 is 9.84 Å². The molecule has 0 unspecified atom stereocenters. The van der Waals surface area contributed by atoms with Gasteiger partial charge in [0, 0.05) is 42.8 Å². The van der Waals surface area contributed by atoms with Gasteiger partial charge in [0.25, 0.3) is 0 Å². The number of benzene rings is 2. The summed E-state index contributed by atoms with van der Waals surface area (Å²) in [6, 6.07) is 14.5. The number of aromatic nitrogens is 2. The highest BCUT2D eigenvalue weighted by molar-refractivity contribution is 7.91. The van der Waals surface area contributed by atoms with Crippen LogP contribution in [0.2, 0.25) is 0 Å². The van der Waals surface area contributed by atoms with Crippen LogP contribution in [0.3, 0.4) is 0 Å². The van der Waals surface area contributed by atoms with Gasteiger partial charge in [-0.05, 0) is 48.7 Å². The zero-order valence-corrected chi connectivity index (χ0v) is 17.9. The molecule has 160 valence electrons. The van der Waals surface area contributed by atoms with Crippen LogP contribution >= 0.6 is 0 Å². The van der Waals surface area contributed by atoms with Gasteiger partial charge in [-0.3, -0.25) is 0 Å². The first-order valence-corrected chi connectivity index (χ1v) is 11.9. The molecule has 3 aromatic rings. The van der Waals surface area contributed by atoms with Gasteiger partial charge in [0.1, 0.15) is 0 Å². The molecule has 5 rings (SSSR count). The van der Waals surface area contributed by atoms with Gasteiger partial charge in [-0.2, -0.15) is 0 Å². The number of nitrogens with zero attached hydrogens (tertiary/aromatic N) is 3. The molecule has 8 heteroatoms. The van der Waals surface area contributed by atoms with Crippen LogP contribution in [0.5, 0.6) is 0 Å². The average Bonchev–Trinajstić information content (AvgIpc) is 3.64. The lowest BCUT2D eigenvalue weighted by molar-refractivity contribution is 0.122. The molecule has 2 heterocycles. The van der Waals surface area contributed by atoms with E-state index in [2.05, 4.69) is 20.2 Å². The van der Waals surface area contributed by atoms with Crippen LogP contribution in [0.25, 0.3) is 11.1 Å². The molecule has 0 spiro atoms. The zero-order valence-electron chi connectivity index (χ0n) is 17.1. The molecule has 1 aromatic heterocycles. The Kier molecular flexibility index (Phi) is 5.33. The fourth-order valence-corrected chi connectivity index (χ4v) is 4.95. The quantitative estimate of drug-likeness (QED) is 0.634. The number of hydrogen-bond donors (Lipinski definition) is 1. The van der Waals surface area contributed by atoms with Crippen molar-refractivity contribution < 1.29 is 13.2 Å². The Hall–Kier alpha value is -2.97. The summed E-state index contributed by atoms with van der Waals surface area (Å²) in [7, 11) is -3.66. The van der Waals surface area contributed by atoms with Crippen molar-refractivity contribution in [3.8, 4) is 11.1 Å². The third kappa shape index (κ3) is 4.40. The predicted molar refractivity (Wildman–Crippen MR) is 119 cm³/mol. The van der Waals surface area contributed by atoms with E-state index in [1.54, 1.807) is 48.8 Å². The molecule has 1 N–H and O–H groups in total. The topological polar surface area (TPSA) is 84.4 Å². The maximum absolute atomic E-state index is 13.4. The molecule has 0 bridgehead atoms. The maximum atomic E-state index is 13.4. The molecule has 2 fully saturated rings. The smallest absolute Gasteiger partial charge is 0.222 e. The lowest BCUT2D eigenvalue weighted by Gasteiger charge is -2.29. The van der Waals surface area contributed by atoms with Gasteiger partial charge in [0.15, 0.2) is 0 Å². The summed E-state index contributed by atoms with van der Waals surface area (Å²) < 4.78 is 32.2. The predicted octanol–water partition coefficient (Wildman–Crippen LogP) is 3.39. The van der Waals surface area contributed by atoms with E-state index in [-0.39, 0.29) is 9.79 Å². The Morgan fingerprint density at radius 3 is 2.29 bits per heavy atom.